The van der Waals surface area contributed by atoms with E-state index in [-0.39, 0.29) is 24.0 Å². The zero-order valence-electron chi connectivity index (χ0n) is 16.9. The topological polar surface area (TPSA) is 70.4 Å². The summed E-state index contributed by atoms with van der Waals surface area (Å²) in [6, 6.07) is 9.01. The summed E-state index contributed by atoms with van der Waals surface area (Å²) in [5.74, 6) is 1.65. The second kappa shape index (κ2) is 11.9. The van der Waals surface area contributed by atoms with E-state index in [1.54, 1.807) is 11.0 Å². The monoisotopic (exact) mass is 485 g/mol. The summed E-state index contributed by atoms with van der Waals surface area (Å²) in [4.78, 5) is 11.3. The van der Waals surface area contributed by atoms with E-state index in [9.17, 15) is 0 Å². The molecule has 2 N–H and O–H groups in total. The number of aliphatic imine (C=N–C) groups is 1. The lowest BCUT2D eigenvalue weighted by molar-refractivity contribution is 0.265. The average molecular weight is 485 g/mol. The maximum Gasteiger partial charge on any atom is 0.191 e. The first kappa shape index (κ1) is 23.4. The van der Waals surface area contributed by atoms with Crippen molar-refractivity contribution < 1.29 is 0 Å². The normalized spacial score (nSPS) is 11.6. The van der Waals surface area contributed by atoms with Crippen molar-refractivity contribution in [1.82, 2.24) is 30.3 Å². The second-order valence-corrected chi connectivity index (χ2v) is 6.63. The van der Waals surface area contributed by atoms with Crippen LogP contribution in [0.2, 0.25) is 0 Å². The number of guanidine groups is 1. The molecule has 0 aliphatic heterocycles. The first-order chi connectivity index (χ1) is 12.5. The standard InChI is InChI=1S/C19H31N7.HI/c1-6-20-19(22-12-18-23-14-24-26(18)5)21-11-16-9-7-8-10-17(16)13-25(4)15(2)3;/h7-10,14-15H,6,11-13H2,1-5H3,(H2,20,21,22);1H. The molecule has 1 aromatic carbocycles. The van der Waals surface area contributed by atoms with Crippen LogP contribution in [-0.4, -0.2) is 45.3 Å². The van der Waals surface area contributed by atoms with Crippen LogP contribution in [0.4, 0.5) is 0 Å². The van der Waals surface area contributed by atoms with Gasteiger partial charge in [-0.1, -0.05) is 24.3 Å². The fourth-order valence-corrected chi connectivity index (χ4v) is 2.47. The van der Waals surface area contributed by atoms with Gasteiger partial charge in [0.05, 0.1) is 13.1 Å². The average Bonchev–Trinajstić information content (AvgIpc) is 3.03. The van der Waals surface area contributed by atoms with Gasteiger partial charge in [0.25, 0.3) is 0 Å². The zero-order valence-corrected chi connectivity index (χ0v) is 19.3. The zero-order chi connectivity index (χ0) is 18.9. The smallest absolute Gasteiger partial charge is 0.191 e. The van der Waals surface area contributed by atoms with Gasteiger partial charge in [-0.05, 0) is 38.9 Å². The van der Waals surface area contributed by atoms with Crippen molar-refractivity contribution in [3.63, 3.8) is 0 Å². The third-order valence-corrected chi connectivity index (χ3v) is 4.39. The van der Waals surface area contributed by atoms with Crippen LogP contribution < -0.4 is 10.6 Å². The van der Waals surface area contributed by atoms with Gasteiger partial charge in [-0.25, -0.2) is 9.98 Å². The highest BCUT2D eigenvalue weighted by molar-refractivity contribution is 14.0. The molecule has 0 bridgehead atoms. The summed E-state index contributed by atoms with van der Waals surface area (Å²) < 4.78 is 1.76. The Bertz CT molecular complexity index is 712. The van der Waals surface area contributed by atoms with Crippen molar-refractivity contribution in [2.24, 2.45) is 12.0 Å². The Hall–Kier alpha value is -1.68. The molecule has 0 aliphatic rings. The molecule has 0 saturated carbocycles. The highest BCUT2D eigenvalue weighted by atomic mass is 127. The summed E-state index contributed by atoms with van der Waals surface area (Å²) >= 11 is 0. The minimum absolute atomic E-state index is 0. The predicted octanol–water partition coefficient (Wildman–Crippen LogP) is 2.53. The molecule has 1 aromatic heterocycles. The minimum atomic E-state index is 0. The van der Waals surface area contributed by atoms with Crippen LogP contribution in [0.5, 0.6) is 0 Å². The van der Waals surface area contributed by atoms with Crippen LogP contribution in [0.15, 0.2) is 35.6 Å². The number of nitrogens with zero attached hydrogens (tertiary/aromatic N) is 5. The number of benzene rings is 1. The quantitative estimate of drug-likeness (QED) is 0.342. The summed E-state index contributed by atoms with van der Waals surface area (Å²) in [5.41, 5.74) is 2.56. The number of hydrogen-bond donors (Lipinski definition) is 2. The molecule has 0 saturated heterocycles. The molecule has 0 amide bonds. The van der Waals surface area contributed by atoms with Gasteiger partial charge in [-0.2, -0.15) is 5.10 Å². The van der Waals surface area contributed by atoms with Crippen LogP contribution >= 0.6 is 24.0 Å². The highest BCUT2D eigenvalue weighted by Gasteiger charge is 2.08. The lowest BCUT2D eigenvalue weighted by Gasteiger charge is -2.22. The molecule has 2 rings (SSSR count). The van der Waals surface area contributed by atoms with Crippen LogP contribution in [-0.2, 0) is 26.7 Å². The Morgan fingerprint density at radius 2 is 1.93 bits per heavy atom. The van der Waals surface area contributed by atoms with E-state index in [2.05, 4.69) is 77.7 Å². The molecular formula is C19H32IN7. The molecule has 150 valence electrons. The van der Waals surface area contributed by atoms with E-state index in [1.807, 2.05) is 7.05 Å². The van der Waals surface area contributed by atoms with E-state index >= 15 is 0 Å². The molecule has 0 radical (unpaired) electrons. The first-order valence-electron chi connectivity index (χ1n) is 9.13. The van der Waals surface area contributed by atoms with E-state index in [1.165, 1.54) is 11.1 Å². The Kier molecular flexibility index (Phi) is 10.3. The molecule has 27 heavy (non-hydrogen) atoms. The van der Waals surface area contributed by atoms with Gasteiger partial charge in [-0.15, -0.1) is 24.0 Å². The molecular weight excluding hydrogens is 453 g/mol. The Balaban J connectivity index is 0.00000364. The van der Waals surface area contributed by atoms with E-state index in [4.69, 9.17) is 4.99 Å². The molecule has 8 heteroatoms. The van der Waals surface area contributed by atoms with Crippen LogP contribution in [0.1, 0.15) is 37.7 Å². The Morgan fingerprint density at radius 3 is 2.52 bits per heavy atom. The largest absolute Gasteiger partial charge is 0.357 e. The SMILES string of the molecule is CCNC(=NCc1ccccc1CN(C)C(C)C)NCc1ncnn1C.I. The van der Waals surface area contributed by atoms with Crippen LogP contribution in [0.25, 0.3) is 0 Å². The van der Waals surface area contributed by atoms with E-state index in [0.717, 1.165) is 24.9 Å². The van der Waals surface area contributed by atoms with E-state index < -0.39 is 0 Å². The van der Waals surface area contributed by atoms with Gasteiger partial charge in [0, 0.05) is 26.2 Å². The fourth-order valence-electron chi connectivity index (χ4n) is 2.47. The molecule has 0 aliphatic carbocycles. The van der Waals surface area contributed by atoms with Gasteiger partial charge in [-0.3, -0.25) is 9.58 Å². The number of nitrogens with one attached hydrogen (secondary N) is 2. The molecule has 0 atom stereocenters. The van der Waals surface area contributed by atoms with E-state index in [0.29, 0.717) is 19.1 Å². The molecule has 0 spiro atoms. The Labute approximate surface area is 179 Å². The molecule has 0 fully saturated rings. The second-order valence-electron chi connectivity index (χ2n) is 6.63. The Morgan fingerprint density at radius 1 is 1.22 bits per heavy atom. The predicted molar refractivity (Wildman–Crippen MR) is 121 cm³/mol. The van der Waals surface area contributed by atoms with Crippen molar-refractivity contribution in [2.45, 2.75) is 46.4 Å². The number of rotatable bonds is 8. The first-order valence-corrected chi connectivity index (χ1v) is 9.13. The summed E-state index contributed by atoms with van der Waals surface area (Å²) in [5, 5.41) is 10.7. The molecule has 2 aromatic rings. The number of aryl methyl sites for hydroxylation is 1. The van der Waals surface area contributed by atoms with Gasteiger partial charge in [0.15, 0.2) is 5.96 Å². The van der Waals surface area contributed by atoms with Gasteiger partial charge < -0.3 is 10.6 Å². The molecule has 0 unspecified atom stereocenters. The maximum atomic E-state index is 4.74. The minimum Gasteiger partial charge on any atom is -0.357 e. The third-order valence-electron chi connectivity index (χ3n) is 4.39. The summed E-state index contributed by atoms with van der Waals surface area (Å²) in [6.07, 6.45) is 1.56. The number of aromatic nitrogens is 3. The van der Waals surface area contributed by atoms with Crippen LogP contribution in [0.3, 0.4) is 0 Å². The van der Waals surface area contributed by atoms with Crippen molar-refractivity contribution in [3.8, 4) is 0 Å². The summed E-state index contributed by atoms with van der Waals surface area (Å²) in [7, 11) is 4.03. The number of halogens is 1. The summed E-state index contributed by atoms with van der Waals surface area (Å²) in [6.45, 7) is 9.43. The fraction of sp³-hybridized carbons (Fsp3) is 0.526. The maximum absolute atomic E-state index is 4.74. The molecule has 7 nitrogen and oxygen atoms in total. The third kappa shape index (κ3) is 7.45. The van der Waals surface area contributed by atoms with Gasteiger partial charge in [0.2, 0.25) is 0 Å². The lowest BCUT2D eigenvalue weighted by Crippen LogP contribution is -2.37. The van der Waals surface area contributed by atoms with Crippen molar-refractivity contribution in [3.05, 3.63) is 47.5 Å². The number of hydrogen-bond acceptors (Lipinski definition) is 4. The van der Waals surface area contributed by atoms with Crippen molar-refractivity contribution in [1.29, 1.82) is 0 Å². The van der Waals surface area contributed by atoms with Crippen LogP contribution in [0, 0.1) is 0 Å². The molecule has 1 heterocycles. The highest BCUT2D eigenvalue weighted by Crippen LogP contribution is 2.13. The van der Waals surface area contributed by atoms with Gasteiger partial charge >= 0.3 is 0 Å². The van der Waals surface area contributed by atoms with Gasteiger partial charge in [0.1, 0.15) is 12.2 Å². The van der Waals surface area contributed by atoms with Crippen molar-refractivity contribution in [2.75, 3.05) is 13.6 Å². The lowest BCUT2D eigenvalue weighted by atomic mass is 10.1. The van der Waals surface area contributed by atoms with Crippen molar-refractivity contribution >= 4 is 29.9 Å².